The summed E-state index contributed by atoms with van der Waals surface area (Å²) < 4.78 is 18.1. The summed E-state index contributed by atoms with van der Waals surface area (Å²) in [6.45, 7) is 0.749. The molecule has 0 unspecified atom stereocenters. The molecule has 5 nitrogen and oxygen atoms in total. The summed E-state index contributed by atoms with van der Waals surface area (Å²) in [5.41, 5.74) is 1.98. The molecule has 3 aromatic rings. The second-order valence-electron chi connectivity index (χ2n) is 5.45. The second-order valence-corrected chi connectivity index (χ2v) is 5.45. The highest BCUT2D eigenvalue weighted by Gasteiger charge is 2.01. The smallest absolute Gasteiger partial charge is 0.135 e. The highest BCUT2D eigenvalue weighted by atomic mass is 19.1. The highest BCUT2D eigenvalue weighted by molar-refractivity contribution is 5.58. The van der Waals surface area contributed by atoms with Gasteiger partial charge in [-0.2, -0.15) is 0 Å². The molecule has 0 spiro atoms. The van der Waals surface area contributed by atoms with Gasteiger partial charge in [-0.1, -0.05) is 12.1 Å². The van der Waals surface area contributed by atoms with Gasteiger partial charge in [0, 0.05) is 18.3 Å². The molecule has 0 atom stereocenters. The molecule has 0 amide bonds. The first-order valence-electron chi connectivity index (χ1n) is 7.94. The number of rotatable bonds is 7. The zero-order chi connectivity index (χ0) is 17.5. The van der Waals surface area contributed by atoms with Crippen LogP contribution in [0.25, 0.3) is 0 Å². The van der Waals surface area contributed by atoms with Crippen LogP contribution in [0.3, 0.4) is 0 Å². The molecule has 1 aromatic heterocycles. The van der Waals surface area contributed by atoms with E-state index in [-0.39, 0.29) is 5.82 Å². The third-order valence-corrected chi connectivity index (χ3v) is 3.66. The third kappa shape index (κ3) is 4.91. The monoisotopic (exact) mass is 338 g/mol. The van der Waals surface area contributed by atoms with Gasteiger partial charge in [0.05, 0.1) is 7.11 Å². The van der Waals surface area contributed by atoms with Crippen molar-refractivity contribution in [2.24, 2.45) is 0 Å². The van der Waals surface area contributed by atoms with Gasteiger partial charge in [-0.3, -0.25) is 0 Å². The Morgan fingerprint density at radius 1 is 0.960 bits per heavy atom. The average Bonchev–Trinajstić information content (AvgIpc) is 2.65. The number of hydrogen-bond acceptors (Lipinski definition) is 5. The molecule has 0 aliphatic heterocycles. The van der Waals surface area contributed by atoms with E-state index in [0.717, 1.165) is 30.2 Å². The van der Waals surface area contributed by atoms with Gasteiger partial charge in [-0.25, -0.2) is 14.4 Å². The number of ether oxygens (including phenoxy) is 1. The molecule has 0 saturated heterocycles. The molecular formula is C19H19FN4O. The van der Waals surface area contributed by atoms with E-state index in [9.17, 15) is 4.39 Å². The molecule has 128 valence electrons. The van der Waals surface area contributed by atoms with Gasteiger partial charge in [0.15, 0.2) is 0 Å². The van der Waals surface area contributed by atoms with Crippen molar-refractivity contribution in [1.82, 2.24) is 9.97 Å². The Labute approximate surface area is 145 Å². The summed E-state index contributed by atoms with van der Waals surface area (Å²) in [6.07, 6.45) is 2.36. The van der Waals surface area contributed by atoms with Gasteiger partial charge < -0.3 is 15.4 Å². The maximum atomic E-state index is 12.9. The fraction of sp³-hybridized carbons (Fsp3) is 0.158. The average molecular weight is 338 g/mol. The summed E-state index contributed by atoms with van der Waals surface area (Å²) in [5.74, 6) is 1.96. The largest absolute Gasteiger partial charge is 0.497 e. The summed E-state index contributed by atoms with van der Waals surface area (Å²) >= 11 is 0. The molecule has 0 aliphatic rings. The van der Waals surface area contributed by atoms with Gasteiger partial charge in [-0.15, -0.1) is 0 Å². The molecular weight excluding hydrogens is 319 g/mol. The normalized spacial score (nSPS) is 10.3. The highest BCUT2D eigenvalue weighted by Crippen LogP contribution is 2.17. The minimum atomic E-state index is -0.269. The first-order chi connectivity index (χ1) is 12.2. The van der Waals surface area contributed by atoms with Gasteiger partial charge in [0.1, 0.15) is 29.5 Å². The van der Waals surface area contributed by atoms with Crippen LogP contribution in [0.15, 0.2) is 60.9 Å². The third-order valence-electron chi connectivity index (χ3n) is 3.66. The summed E-state index contributed by atoms with van der Waals surface area (Å²) in [5, 5.41) is 6.40. The zero-order valence-electron chi connectivity index (χ0n) is 13.9. The number of nitrogens with one attached hydrogen (secondary N) is 2. The minimum Gasteiger partial charge on any atom is -0.497 e. The van der Waals surface area contributed by atoms with Crippen LogP contribution in [0.2, 0.25) is 0 Å². The van der Waals surface area contributed by atoms with Gasteiger partial charge in [0.25, 0.3) is 0 Å². The quantitative estimate of drug-likeness (QED) is 0.681. The number of benzene rings is 2. The van der Waals surface area contributed by atoms with Crippen LogP contribution in [-0.2, 0) is 6.42 Å². The van der Waals surface area contributed by atoms with E-state index < -0.39 is 0 Å². The van der Waals surface area contributed by atoms with Crippen LogP contribution < -0.4 is 15.4 Å². The van der Waals surface area contributed by atoms with Crippen LogP contribution in [0.1, 0.15) is 5.56 Å². The van der Waals surface area contributed by atoms with Crippen molar-refractivity contribution in [3.05, 3.63) is 72.3 Å². The Hall–Kier alpha value is -3.15. The molecule has 1 heterocycles. The molecule has 2 aromatic carbocycles. The molecule has 3 rings (SSSR count). The van der Waals surface area contributed by atoms with Gasteiger partial charge in [-0.05, 0) is 48.4 Å². The van der Waals surface area contributed by atoms with Crippen molar-refractivity contribution in [3.63, 3.8) is 0 Å². The maximum Gasteiger partial charge on any atom is 0.135 e. The Morgan fingerprint density at radius 3 is 2.40 bits per heavy atom. The molecule has 0 radical (unpaired) electrons. The lowest BCUT2D eigenvalue weighted by Gasteiger charge is -2.09. The first kappa shape index (κ1) is 16.7. The Morgan fingerprint density at radius 2 is 1.68 bits per heavy atom. The van der Waals surface area contributed by atoms with Crippen LogP contribution in [0.5, 0.6) is 5.75 Å². The van der Waals surface area contributed by atoms with Crippen molar-refractivity contribution in [1.29, 1.82) is 0 Å². The minimum absolute atomic E-state index is 0.269. The lowest BCUT2D eigenvalue weighted by molar-refractivity contribution is 0.414. The number of anilines is 3. The molecule has 6 heteroatoms. The van der Waals surface area contributed by atoms with Gasteiger partial charge in [0.2, 0.25) is 0 Å². The molecule has 0 saturated carbocycles. The fourth-order valence-corrected chi connectivity index (χ4v) is 2.33. The first-order valence-corrected chi connectivity index (χ1v) is 7.94. The van der Waals surface area contributed by atoms with E-state index in [4.69, 9.17) is 4.74 Å². The van der Waals surface area contributed by atoms with Crippen LogP contribution in [0, 0.1) is 5.82 Å². The topological polar surface area (TPSA) is 59.1 Å². The predicted molar refractivity (Wildman–Crippen MR) is 96.9 cm³/mol. The van der Waals surface area contributed by atoms with Crippen LogP contribution in [0.4, 0.5) is 21.7 Å². The van der Waals surface area contributed by atoms with Crippen molar-refractivity contribution >= 4 is 17.3 Å². The zero-order valence-corrected chi connectivity index (χ0v) is 13.9. The Kier molecular flexibility index (Phi) is 5.41. The molecule has 0 aliphatic carbocycles. The molecule has 25 heavy (non-hydrogen) atoms. The standard InChI is InChI=1S/C19H19FN4O/c1-25-17-8-2-14(3-9-17)10-11-21-18-12-19(23-13-22-18)24-16-6-4-15(20)5-7-16/h2-9,12-13H,10-11H2,1H3,(H2,21,22,23,24). The fourth-order valence-electron chi connectivity index (χ4n) is 2.33. The number of halogens is 1. The van der Waals surface area contributed by atoms with Crippen molar-refractivity contribution in [2.75, 3.05) is 24.3 Å². The molecule has 0 bridgehead atoms. The van der Waals surface area contributed by atoms with Crippen molar-refractivity contribution in [3.8, 4) is 5.75 Å². The van der Waals surface area contributed by atoms with E-state index in [0.29, 0.717) is 5.82 Å². The second kappa shape index (κ2) is 8.10. The molecule has 0 fully saturated rings. The SMILES string of the molecule is COc1ccc(CCNc2cc(Nc3ccc(F)cc3)ncn2)cc1. The maximum absolute atomic E-state index is 12.9. The lowest BCUT2D eigenvalue weighted by atomic mass is 10.1. The predicted octanol–water partition coefficient (Wildman–Crippen LogP) is 4.02. The van der Waals surface area contributed by atoms with Crippen LogP contribution in [-0.4, -0.2) is 23.6 Å². The van der Waals surface area contributed by atoms with E-state index >= 15 is 0 Å². The van der Waals surface area contributed by atoms with Gasteiger partial charge >= 0.3 is 0 Å². The van der Waals surface area contributed by atoms with E-state index in [1.54, 1.807) is 19.2 Å². The number of hydrogen-bond donors (Lipinski definition) is 2. The van der Waals surface area contributed by atoms with Crippen molar-refractivity contribution in [2.45, 2.75) is 6.42 Å². The Balaban J connectivity index is 1.55. The summed E-state index contributed by atoms with van der Waals surface area (Å²) in [7, 11) is 1.66. The summed E-state index contributed by atoms with van der Waals surface area (Å²) in [4.78, 5) is 8.38. The van der Waals surface area contributed by atoms with Crippen LogP contribution >= 0.6 is 0 Å². The van der Waals surface area contributed by atoms with Crippen molar-refractivity contribution < 1.29 is 9.13 Å². The number of methoxy groups -OCH3 is 1. The van der Waals surface area contributed by atoms with E-state index in [1.165, 1.54) is 24.0 Å². The number of nitrogens with zero attached hydrogens (tertiary/aromatic N) is 2. The Bertz CT molecular complexity index is 806. The lowest BCUT2D eigenvalue weighted by Crippen LogP contribution is -2.07. The number of aromatic nitrogens is 2. The van der Waals surface area contributed by atoms with E-state index in [1.807, 2.05) is 30.3 Å². The van der Waals surface area contributed by atoms with E-state index in [2.05, 4.69) is 20.6 Å². The molecule has 2 N–H and O–H groups in total. The summed E-state index contributed by atoms with van der Waals surface area (Å²) in [6, 6.07) is 15.9.